The average molecular weight is 377 g/mol. The van der Waals surface area contributed by atoms with Crippen molar-refractivity contribution >= 4 is 11.9 Å². The average Bonchev–Trinajstić information content (AvgIpc) is 2.58. The fourth-order valence-corrected chi connectivity index (χ4v) is 3.16. The number of fused-ring (bicyclic) bond motifs is 1. The number of hydroxylamine groups is 2. The Kier molecular flexibility index (Phi) is 7.24. The van der Waals surface area contributed by atoms with Crippen LogP contribution in [0.5, 0.6) is 11.5 Å². The molecule has 1 aliphatic rings. The number of esters is 1. The number of ether oxygens (including phenoxy) is 1. The third-order valence-corrected chi connectivity index (χ3v) is 4.67. The fraction of sp³-hybridized carbons (Fsp3) is 0.500. The fourth-order valence-electron chi connectivity index (χ4n) is 3.16. The van der Waals surface area contributed by atoms with E-state index in [1.165, 1.54) is 18.2 Å². The third-order valence-electron chi connectivity index (χ3n) is 4.67. The monoisotopic (exact) mass is 377 g/mol. The van der Waals surface area contributed by atoms with Gasteiger partial charge in [0.15, 0.2) is 0 Å². The topological polar surface area (TPSA) is 96.3 Å². The van der Waals surface area contributed by atoms with Crippen molar-refractivity contribution in [3.63, 3.8) is 0 Å². The van der Waals surface area contributed by atoms with Gasteiger partial charge in [0, 0.05) is 26.0 Å². The van der Waals surface area contributed by atoms with Gasteiger partial charge in [0.1, 0.15) is 23.2 Å². The highest BCUT2D eigenvalue weighted by Gasteiger charge is 2.25. The number of cyclic esters (lactones) is 1. The lowest BCUT2D eigenvalue weighted by molar-refractivity contribution is -0.169. The maximum Gasteiger partial charge on any atom is 0.342 e. The smallest absolute Gasteiger partial charge is 0.342 e. The third kappa shape index (κ3) is 5.72. The van der Waals surface area contributed by atoms with E-state index < -0.39 is 5.97 Å². The van der Waals surface area contributed by atoms with Gasteiger partial charge in [0.2, 0.25) is 5.91 Å². The molecule has 0 saturated carbocycles. The number of nitrogens with zero attached hydrogens (tertiary/aromatic N) is 1. The highest BCUT2D eigenvalue weighted by atomic mass is 16.7. The Morgan fingerprint density at radius 2 is 2.07 bits per heavy atom. The Balaban J connectivity index is 2.37. The number of hydrogen-bond acceptors (Lipinski definition) is 6. The van der Waals surface area contributed by atoms with Crippen molar-refractivity contribution in [2.24, 2.45) is 5.92 Å². The van der Waals surface area contributed by atoms with E-state index in [1.54, 1.807) is 14.0 Å². The lowest BCUT2D eigenvalue weighted by Crippen LogP contribution is -2.28. The van der Waals surface area contributed by atoms with Gasteiger partial charge in [-0.1, -0.05) is 12.2 Å². The van der Waals surface area contributed by atoms with Crippen LogP contribution in [0.2, 0.25) is 0 Å². The van der Waals surface area contributed by atoms with Crippen molar-refractivity contribution < 1.29 is 29.4 Å². The number of hydrogen-bond donors (Lipinski definition) is 2. The van der Waals surface area contributed by atoms with Crippen LogP contribution in [0.25, 0.3) is 0 Å². The molecule has 0 spiro atoms. The number of allylic oxidation sites excluding steroid dienone is 1. The molecule has 2 N–H and O–H groups in total. The van der Waals surface area contributed by atoms with Crippen molar-refractivity contribution in [3.8, 4) is 11.5 Å². The SMILES string of the molecule is CON(C)C(=O)CC1CC/C=C/C[C@@H](C)OC(=O)c2c(O)cc(O)cc2C1. The Morgan fingerprint density at radius 1 is 1.33 bits per heavy atom. The Bertz CT molecular complexity index is 715. The zero-order valence-electron chi connectivity index (χ0n) is 16.0. The molecule has 1 heterocycles. The van der Waals surface area contributed by atoms with Gasteiger partial charge in [-0.2, -0.15) is 0 Å². The first-order chi connectivity index (χ1) is 12.8. The second kappa shape index (κ2) is 9.41. The molecule has 0 aliphatic carbocycles. The van der Waals surface area contributed by atoms with Crippen molar-refractivity contribution in [1.29, 1.82) is 0 Å². The number of carbonyl (C=O) groups excluding carboxylic acids is 2. The van der Waals surface area contributed by atoms with Crippen LogP contribution in [0.4, 0.5) is 0 Å². The molecule has 1 amide bonds. The highest BCUT2D eigenvalue weighted by Crippen LogP contribution is 2.32. The highest BCUT2D eigenvalue weighted by molar-refractivity contribution is 5.94. The predicted molar refractivity (Wildman–Crippen MR) is 99.2 cm³/mol. The Labute approximate surface area is 159 Å². The van der Waals surface area contributed by atoms with Crippen LogP contribution in [0, 0.1) is 5.92 Å². The summed E-state index contributed by atoms with van der Waals surface area (Å²) in [4.78, 5) is 29.8. The molecule has 0 saturated heterocycles. The van der Waals surface area contributed by atoms with Gasteiger partial charge in [-0.15, -0.1) is 0 Å². The van der Waals surface area contributed by atoms with Crippen LogP contribution < -0.4 is 0 Å². The molecule has 7 heteroatoms. The minimum atomic E-state index is -0.636. The maximum absolute atomic E-state index is 12.6. The number of phenols is 2. The van der Waals surface area contributed by atoms with Crippen LogP contribution in [-0.2, 0) is 20.8 Å². The Morgan fingerprint density at radius 3 is 2.78 bits per heavy atom. The molecule has 1 unspecified atom stereocenters. The summed E-state index contributed by atoms with van der Waals surface area (Å²) >= 11 is 0. The molecular weight excluding hydrogens is 350 g/mol. The van der Waals surface area contributed by atoms with Gasteiger partial charge in [0.05, 0.1) is 7.11 Å². The predicted octanol–water partition coefficient (Wildman–Crippen LogP) is 2.95. The lowest BCUT2D eigenvalue weighted by atomic mass is 9.88. The number of phenolic OH excluding ortho intramolecular Hbond substituents is 2. The molecule has 7 nitrogen and oxygen atoms in total. The summed E-state index contributed by atoms with van der Waals surface area (Å²) in [5, 5.41) is 21.3. The molecule has 0 aromatic heterocycles. The van der Waals surface area contributed by atoms with E-state index in [0.29, 0.717) is 18.4 Å². The van der Waals surface area contributed by atoms with Crippen LogP contribution >= 0.6 is 0 Å². The minimum absolute atomic E-state index is 0.0433. The molecule has 0 radical (unpaired) electrons. The Hall–Kier alpha value is -2.54. The first-order valence-corrected chi connectivity index (χ1v) is 9.03. The van der Waals surface area contributed by atoms with E-state index in [9.17, 15) is 19.8 Å². The molecule has 2 atom stereocenters. The zero-order chi connectivity index (χ0) is 20.0. The van der Waals surface area contributed by atoms with E-state index in [2.05, 4.69) is 0 Å². The number of carbonyl (C=O) groups is 2. The van der Waals surface area contributed by atoms with Gasteiger partial charge in [0.25, 0.3) is 0 Å². The van der Waals surface area contributed by atoms with Crippen molar-refractivity contribution in [2.45, 2.75) is 45.1 Å². The molecular formula is C20H27NO6. The normalized spacial score (nSPS) is 22.0. The standard InChI is InChI=1S/C20H27NO6/c1-13-7-5-4-6-8-14(10-18(24)21(2)26-3)9-15-11-16(22)12-17(23)19(15)20(25)27-13/h4-5,11-14,22-23H,6-10H2,1-3H3/b5-4+/t13-,14?/m1/s1. The molecule has 1 aliphatic heterocycles. The van der Waals surface area contributed by atoms with Gasteiger partial charge in [-0.3, -0.25) is 9.63 Å². The molecule has 0 bridgehead atoms. The molecule has 1 aromatic rings. The molecule has 1 aromatic carbocycles. The first-order valence-electron chi connectivity index (χ1n) is 9.03. The summed E-state index contributed by atoms with van der Waals surface area (Å²) in [5.41, 5.74) is 0.508. The maximum atomic E-state index is 12.6. The summed E-state index contributed by atoms with van der Waals surface area (Å²) in [6.45, 7) is 1.78. The molecule has 148 valence electrons. The van der Waals surface area contributed by atoms with E-state index in [0.717, 1.165) is 18.9 Å². The van der Waals surface area contributed by atoms with Crippen LogP contribution in [0.1, 0.15) is 48.5 Å². The second-order valence-electron chi connectivity index (χ2n) is 6.85. The lowest BCUT2D eigenvalue weighted by Gasteiger charge is -2.22. The number of aromatic hydroxyl groups is 2. The number of amides is 1. The van der Waals surface area contributed by atoms with Gasteiger partial charge in [-0.25, -0.2) is 9.86 Å². The molecule has 0 fully saturated rings. The molecule has 2 rings (SSSR count). The number of rotatable bonds is 3. The van der Waals surface area contributed by atoms with Gasteiger partial charge >= 0.3 is 5.97 Å². The summed E-state index contributed by atoms with van der Waals surface area (Å²) in [5.74, 6) is -1.37. The second-order valence-corrected chi connectivity index (χ2v) is 6.85. The summed E-state index contributed by atoms with van der Waals surface area (Å²) < 4.78 is 5.42. The van der Waals surface area contributed by atoms with Gasteiger partial charge < -0.3 is 14.9 Å². The van der Waals surface area contributed by atoms with Gasteiger partial charge in [-0.05, 0) is 43.7 Å². The minimum Gasteiger partial charge on any atom is -0.508 e. The van der Waals surface area contributed by atoms with Crippen molar-refractivity contribution in [3.05, 3.63) is 35.4 Å². The number of benzene rings is 1. The summed E-state index contributed by atoms with van der Waals surface area (Å²) in [7, 11) is 2.96. The first kappa shape index (κ1) is 20.8. The quantitative estimate of drug-likeness (QED) is 0.478. The summed E-state index contributed by atoms with van der Waals surface area (Å²) in [6, 6.07) is 2.56. The largest absolute Gasteiger partial charge is 0.508 e. The van der Waals surface area contributed by atoms with E-state index in [-0.39, 0.29) is 41.4 Å². The van der Waals surface area contributed by atoms with E-state index in [4.69, 9.17) is 9.57 Å². The zero-order valence-corrected chi connectivity index (χ0v) is 16.0. The van der Waals surface area contributed by atoms with E-state index in [1.807, 2.05) is 12.2 Å². The summed E-state index contributed by atoms with van der Waals surface area (Å²) in [6.07, 6.45) is 6.27. The van der Waals surface area contributed by atoms with Crippen LogP contribution in [-0.4, -0.2) is 47.4 Å². The molecule has 27 heavy (non-hydrogen) atoms. The van der Waals surface area contributed by atoms with E-state index >= 15 is 0 Å². The van der Waals surface area contributed by atoms with Crippen LogP contribution in [0.15, 0.2) is 24.3 Å². The van der Waals surface area contributed by atoms with Crippen molar-refractivity contribution in [2.75, 3.05) is 14.2 Å². The van der Waals surface area contributed by atoms with Crippen molar-refractivity contribution in [1.82, 2.24) is 5.06 Å². The van der Waals surface area contributed by atoms with Crippen LogP contribution in [0.3, 0.4) is 0 Å².